The molecule has 140 valence electrons. The van der Waals surface area contributed by atoms with Crippen LogP contribution in [0.25, 0.3) is 0 Å². The van der Waals surface area contributed by atoms with Crippen LogP contribution in [-0.4, -0.2) is 34.7 Å². The minimum atomic E-state index is -0.512. The number of hydrogen-bond donors (Lipinski definition) is 1. The summed E-state index contributed by atoms with van der Waals surface area (Å²) in [5, 5.41) is 7.73. The van der Waals surface area contributed by atoms with Crippen molar-refractivity contribution in [3.63, 3.8) is 0 Å². The normalized spacial score (nSPS) is 21.2. The summed E-state index contributed by atoms with van der Waals surface area (Å²) in [7, 11) is 0. The molecule has 0 spiro atoms. The smallest absolute Gasteiger partial charge is 0.413 e. The fourth-order valence-electron chi connectivity index (χ4n) is 3.47. The van der Waals surface area contributed by atoms with Gasteiger partial charge in [-0.15, -0.1) is 0 Å². The van der Waals surface area contributed by atoms with Gasteiger partial charge in [0.1, 0.15) is 11.4 Å². The number of rotatable bonds is 5. The molecule has 1 saturated carbocycles. The van der Waals surface area contributed by atoms with Gasteiger partial charge in [0.15, 0.2) is 0 Å². The molecular weight excluding hydrogens is 318 g/mol. The molecule has 25 heavy (non-hydrogen) atoms. The molecule has 1 aliphatic carbocycles. The van der Waals surface area contributed by atoms with Crippen molar-refractivity contribution in [1.82, 2.24) is 9.78 Å². The van der Waals surface area contributed by atoms with Gasteiger partial charge in [0.05, 0.1) is 11.7 Å². The molecule has 0 radical (unpaired) electrons. The topological polar surface area (TPSA) is 65.4 Å². The second-order valence-corrected chi connectivity index (χ2v) is 8.34. The first-order valence-corrected chi connectivity index (χ1v) is 9.49. The van der Waals surface area contributed by atoms with E-state index < -0.39 is 11.7 Å². The summed E-state index contributed by atoms with van der Waals surface area (Å²) < 4.78 is 13.0. The number of hydrogen-bond acceptors (Lipinski definition) is 4. The predicted molar refractivity (Wildman–Crippen MR) is 97.0 cm³/mol. The molecule has 1 aliphatic heterocycles. The SMILES string of the molecule is Cc1nn(C2CCC2)c(NC(=O)OC(C)(C)C)c1CC[C@H]1CCOC1. The Bertz CT molecular complexity index is 608. The molecule has 2 heterocycles. The molecule has 1 aromatic rings. The van der Waals surface area contributed by atoms with E-state index in [1.807, 2.05) is 32.4 Å². The molecule has 1 saturated heterocycles. The Morgan fingerprint density at radius 3 is 2.68 bits per heavy atom. The van der Waals surface area contributed by atoms with E-state index in [1.165, 1.54) is 6.42 Å². The van der Waals surface area contributed by atoms with Gasteiger partial charge >= 0.3 is 6.09 Å². The predicted octanol–water partition coefficient (Wildman–Crippen LogP) is 4.23. The third-order valence-electron chi connectivity index (χ3n) is 5.08. The van der Waals surface area contributed by atoms with Crippen molar-refractivity contribution in [2.45, 2.75) is 77.9 Å². The van der Waals surface area contributed by atoms with Crippen molar-refractivity contribution in [2.24, 2.45) is 5.92 Å². The molecule has 1 amide bonds. The van der Waals surface area contributed by atoms with Crippen LogP contribution in [0.2, 0.25) is 0 Å². The molecule has 1 aromatic heterocycles. The third kappa shape index (κ3) is 4.54. The first kappa shape index (κ1) is 18.2. The number of carbonyl (C=O) groups is 1. The Morgan fingerprint density at radius 1 is 1.36 bits per heavy atom. The van der Waals surface area contributed by atoms with E-state index in [1.54, 1.807) is 0 Å². The molecule has 6 heteroatoms. The van der Waals surface area contributed by atoms with Crippen molar-refractivity contribution in [3.8, 4) is 0 Å². The standard InChI is InChI=1S/C19H31N3O3/c1-13-16(9-8-14-10-11-24-12-14)17(20-18(23)25-19(2,3)4)22(21-13)15-6-5-7-15/h14-15H,5-12H2,1-4H3,(H,20,23)/t14-/m0/s1. The molecule has 2 aliphatic rings. The minimum absolute atomic E-state index is 0.396. The second kappa shape index (κ2) is 7.36. The van der Waals surface area contributed by atoms with Gasteiger partial charge < -0.3 is 9.47 Å². The lowest BCUT2D eigenvalue weighted by molar-refractivity contribution is 0.0633. The zero-order valence-electron chi connectivity index (χ0n) is 15.9. The van der Waals surface area contributed by atoms with Gasteiger partial charge in [0.25, 0.3) is 0 Å². The summed E-state index contributed by atoms with van der Waals surface area (Å²) >= 11 is 0. The Morgan fingerprint density at radius 2 is 2.12 bits per heavy atom. The van der Waals surface area contributed by atoms with E-state index in [0.717, 1.165) is 62.4 Å². The molecule has 0 aromatic carbocycles. The second-order valence-electron chi connectivity index (χ2n) is 8.34. The van der Waals surface area contributed by atoms with Crippen molar-refractivity contribution in [3.05, 3.63) is 11.3 Å². The van der Waals surface area contributed by atoms with E-state index in [-0.39, 0.29) is 0 Å². The van der Waals surface area contributed by atoms with Gasteiger partial charge in [0.2, 0.25) is 0 Å². The van der Waals surface area contributed by atoms with E-state index in [2.05, 4.69) is 5.32 Å². The van der Waals surface area contributed by atoms with Gasteiger partial charge in [-0.25, -0.2) is 9.48 Å². The number of aromatic nitrogens is 2. The summed E-state index contributed by atoms with van der Waals surface area (Å²) in [4.78, 5) is 12.3. The summed E-state index contributed by atoms with van der Waals surface area (Å²) in [6, 6.07) is 0.396. The fourth-order valence-corrected chi connectivity index (χ4v) is 3.47. The number of nitrogens with zero attached hydrogens (tertiary/aromatic N) is 2. The molecule has 1 atom stereocenters. The third-order valence-corrected chi connectivity index (χ3v) is 5.08. The molecule has 3 rings (SSSR count). The summed E-state index contributed by atoms with van der Waals surface area (Å²) in [6.07, 6.45) is 6.19. The molecule has 6 nitrogen and oxygen atoms in total. The van der Waals surface area contributed by atoms with Gasteiger partial charge in [-0.1, -0.05) is 0 Å². The summed E-state index contributed by atoms with van der Waals surface area (Å²) in [6.45, 7) is 9.39. The zero-order valence-corrected chi connectivity index (χ0v) is 15.9. The average Bonchev–Trinajstić information content (AvgIpc) is 3.03. The maximum Gasteiger partial charge on any atom is 0.413 e. The molecule has 0 unspecified atom stereocenters. The van der Waals surface area contributed by atoms with Crippen LogP contribution < -0.4 is 5.32 Å². The molecule has 0 bridgehead atoms. The number of aryl methyl sites for hydroxylation is 1. The van der Waals surface area contributed by atoms with Crippen LogP contribution in [-0.2, 0) is 15.9 Å². The van der Waals surface area contributed by atoms with Crippen molar-refractivity contribution in [1.29, 1.82) is 0 Å². The summed E-state index contributed by atoms with van der Waals surface area (Å²) in [5.74, 6) is 1.44. The number of amides is 1. The van der Waals surface area contributed by atoms with Crippen LogP contribution in [0.1, 0.15) is 70.2 Å². The van der Waals surface area contributed by atoms with E-state index >= 15 is 0 Å². The van der Waals surface area contributed by atoms with E-state index in [9.17, 15) is 4.79 Å². The van der Waals surface area contributed by atoms with Crippen molar-refractivity contribution < 1.29 is 14.3 Å². The Hall–Kier alpha value is -1.56. The largest absolute Gasteiger partial charge is 0.444 e. The Labute approximate surface area is 150 Å². The lowest BCUT2D eigenvalue weighted by atomic mass is 9.93. The highest BCUT2D eigenvalue weighted by atomic mass is 16.6. The number of nitrogens with one attached hydrogen (secondary N) is 1. The maximum atomic E-state index is 12.3. The minimum Gasteiger partial charge on any atom is -0.444 e. The first-order valence-electron chi connectivity index (χ1n) is 9.49. The maximum absolute atomic E-state index is 12.3. The highest BCUT2D eigenvalue weighted by Gasteiger charge is 2.28. The van der Waals surface area contributed by atoms with Crippen molar-refractivity contribution in [2.75, 3.05) is 18.5 Å². The molecule has 2 fully saturated rings. The van der Waals surface area contributed by atoms with Crippen LogP contribution in [0, 0.1) is 12.8 Å². The van der Waals surface area contributed by atoms with Gasteiger partial charge in [-0.3, -0.25) is 5.32 Å². The van der Waals surface area contributed by atoms with Gasteiger partial charge in [-0.2, -0.15) is 5.10 Å². The number of ether oxygens (including phenoxy) is 2. The lowest BCUT2D eigenvalue weighted by Gasteiger charge is -2.28. The highest BCUT2D eigenvalue weighted by molar-refractivity contribution is 5.85. The lowest BCUT2D eigenvalue weighted by Crippen LogP contribution is -2.29. The summed E-state index contributed by atoms with van der Waals surface area (Å²) in [5.41, 5.74) is 1.64. The highest BCUT2D eigenvalue weighted by Crippen LogP contribution is 2.36. The quantitative estimate of drug-likeness (QED) is 0.864. The van der Waals surface area contributed by atoms with E-state index in [4.69, 9.17) is 14.6 Å². The van der Waals surface area contributed by atoms with Crippen LogP contribution in [0.15, 0.2) is 0 Å². The Balaban J connectivity index is 1.77. The van der Waals surface area contributed by atoms with Crippen LogP contribution in [0.4, 0.5) is 10.6 Å². The molecular formula is C19H31N3O3. The number of anilines is 1. The first-order chi connectivity index (χ1) is 11.8. The Kier molecular flexibility index (Phi) is 5.37. The van der Waals surface area contributed by atoms with Gasteiger partial charge in [0, 0.05) is 18.8 Å². The fraction of sp³-hybridized carbons (Fsp3) is 0.789. The van der Waals surface area contributed by atoms with Crippen molar-refractivity contribution >= 4 is 11.9 Å². The zero-order chi connectivity index (χ0) is 18.0. The number of carbonyl (C=O) groups excluding carboxylic acids is 1. The van der Waals surface area contributed by atoms with Gasteiger partial charge in [-0.05, 0) is 72.1 Å². The van der Waals surface area contributed by atoms with Crippen LogP contribution in [0.5, 0.6) is 0 Å². The van der Waals surface area contributed by atoms with E-state index in [0.29, 0.717) is 12.0 Å². The van der Waals surface area contributed by atoms with Crippen LogP contribution in [0.3, 0.4) is 0 Å². The molecule has 1 N–H and O–H groups in total. The van der Waals surface area contributed by atoms with Crippen LogP contribution >= 0.6 is 0 Å². The monoisotopic (exact) mass is 349 g/mol. The average molecular weight is 349 g/mol.